The maximum atomic E-state index is 5.56. The highest BCUT2D eigenvalue weighted by Crippen LogP contribution is 2.26. The van der Waals surface area contributed by atoms with Crippen LogP contribution in [0.2, 0.25) is 0 Å². The van der Waals surface area contributed by atoms with E-state index in [1.54, 1.807) is 14.2 Å². The van der Waals surface area contributed by atoms with E-state index in [0.29, 0.717) is 13.2 Å². The van der Waals surface area contributed by atoms with Gasteiger partial charge in [-0.15, -0.1) is 0 Å². The Morgan fingerprint density at radius 1 is 1.20 bits per heavy atom. The summed E-state index contributed by atoms with van der Waals surface area (Å²) in [4.78, 5) is 0. The molecule has 0 saturated carbocycles. The lowest BCUT2D eigenvalue weighted by molar-refractivity contribution is 0.146. The van der Waals surface area contributed by atoms with Crippen molar-refractivity contribution in [3.8, 4) is 11.5 Å². The lowest BCUT2D eigenvalue weighted by Gasteiger charge is -2.10. The molecule has 0 radical (unpaired) electrons. The van der Waals surface area contributed by atoms with E-state index in [0.717, 1.165) is 22.4 Å². The zero-order valence-corrected chi connectivity index (χ0v) is 10.5. The third kappa shape index (κ3) is 3.72. The molecule has 0 N–H and O–H groups in total. The van der Waals surface area contributed by atoms with E-state index in [2.05, 4.69) is 15.9 Å². The predicted molar refractivity (Wildman–Crippen MR) is 63.0 cm³/mol. The lowest BCUT2D eigenvalue weighted by Crippen LogP contribution is -2.05. The van der Waals surface area contributed by atoms with Gasteiger partial charge in [-0.05, 0) is 18.2 Å². The molecule has 0 aliphatic carbocycles. The Morgan fingerprint density at radius 3 is 2.60 bits per heavy atom. The van der Waals surface area contributed by atoms with Gasteiger partial charge >= 0.3 is 0 Å². The summed E-state index contributed by atoms with van der Waals surface area (Å²) < 4.78 is 15.6. The molecule has 0 heterocycles. The molecule has 0 atom stereocenters. The van der Waals surface area contributed by atoms with Gasteiger partial charge in [0, 0.05) is 18.0 Å². The number of halogens is 1. The molecule has 0 aliphatic heterocycles. The fourth-order valence-electron chi connectivity index (χ4n) is 1.16. The van der Waals surface area contributed by atoms with E-state index in [1.165, 1.54) is 0 Å². The normalized spacial score (nSPS) is 10.1. The van der Waals surface area contributed by atoms with Crippen molar-refractivity contribution in [2.45, 2.75) is 5.33 Å². The minimum absolute atomic E-state index is 0.558. The maximum absolute atomic E-state index is 5.56. The molecule has 1 aromatic rings. The molecule has 0 bridgehead atoms. The SMILES string of the molecule is COCCOc1ccc(OC)cc1CBr. The fourth-order valence-corrected chi connectivity index (χ4v) is 1.60. The number of alkyl halides is 1. The third-order valence-corrected chi connectivity index (χ3v) is 2.56. The Kier molecular flexibility index (Phi) is 5.50. The summed E-state index contributed by atoms with van der Waals surface area (Å²) in [5.74, 6) is 1.70. The molecule has 0 amide bonds. The van der Waals surface area contributed by atoms with Gasteiger partial charge < -0.3 is 14.2 Å². The molecule has 1 aromatic carbocycles. The highest BCUT2D eigenvalue weighted by Gasteiger charge is 2.04. The van der Waals surface area contributed by atoms with Crippen LogP contribution >= 0.6 is 15.9 Å². The van der Waals surface area contributed by atoms with Crippen molar-refractivity contribution in [3.05, 3.63) is 23.8 Å². The monoisotopic (exact) mass is 274 g/mol. The number of methoxy groups -OCH3 is 2. The van der Waals surface area contributed by atoms with Crippen molar-refractivity contribution in [2.24, 2.45) is 0 Å². The fraction of sp³-hybridized carbons (Fsp3) is 0.455. The van der Waals surface area contributed by atoms with Gasteiger partial charge in [-0.2, -0.15) is 0 Å². The number of benzene rings is 1. The summed E-state index contributed by atoms with van der Waals surface area (Å²) in [5.41, 5.74) is 1.07. The highest BCUT2D eigenvalue weighted by molar-refractivity contribution is 9.08. The van der Waals surface area contributed by atoms with Gasteiger partial charge in [0.2, 0.25) is 0 Å². The molecule has 1 rings (SSSR count). The number of hydrogen-bond acceptors (Lipinski definition) is 3. The van der Waals surface area contributed by atoms with E-state index in [9.17, 15) is 0 Å². The summed E-state index contributed by atoms with van der Waals surface area (Å²) in [6.07, 6.45) is 0. The van der Waals surface area contributed by atoms with Gasteiger partial charge in [0.05, 0.1) is 13.7 Å². The van der Waals surface area contributed by atoms with Gasteiger partial charge in [-0.1, -0.05) is 15.9 Å². The van der Waals surface area contributed by atoms with Crippen LogP contribution in [0.1, 0.15) is 5.56 Å². The number of ether oxygens (including phenoxy) is 3. The Hall–Kier alpha value is -0.740. The molecule has 0 saturated heterocycles. The van der Waals surface area contributed by atoms with Gasteiger partial charge in [0.25, 0.3) is 0 Å². The molecule has 0 aromatic heterocycles. The van der Waals surface area contributed by atoms with Gasteiger partial charge in [0.15, 0.2) is 0 Å². The predicted octanol–water partition coefficient (Wildman–Crippen LogP) is 2.62. The average molecular weight is 275 g/mol. The Morgan fingerprint density at radius 2 is 2.00 bits per heavy atom. The van der Waals surface area contributed by atoms with Crippen LogP contribution in [0.3, 0.4) is 0 Å². The van der Waals surface area contributed by atoms with Crippen molar-refractivity contribution >= 4 is 15.9 Å². The minimum Gasteiger partial charge on any atom is -0.497 e. The lowest BCUT2D eigenvalue weighted by atomic mass is 10.2. The first kappa shape index (κ1) is 12.3. The van der Waals surface area contributed by atoms with E-state index in [-0.39, 0.29) is 0 Å². The minimum atomic E-state index is 0.558. The van der Waals surface area contributed by atoms with Crippen molar-refractivity contribution < 1.29 is 14.2 Å². The smallest absolute Gasteiger partial charge is 0.123 e. The second-order valence-corrected chi connectivity index (χ2v) is 3.51. The van der Waals surface area contributed by atoms with Crippen molar-refractivity contribution in [1.82, 2.24) is 0 Å². The van der Waals surface area contributed by atoms with Crippen LogP contribution in [0.25, 0.3) is 0 Å². The van der Waals surface area contributed by atoms with Crippen molar-refractivity contribution in [3.63, 3.8) is 0 Å². The topological polar surface area (TPSA) is 27.7 Å². The van der Waals surface area contributed by atoms with Crippen molar-refractivity contribution in [1.29, 1.82) is 0 Å². The zero-order valence-electron chi connectivity index (χ0n) is 8.96. The van der Waals surface area contributed by atoms with Gasteiger partial charge in [-0.3, -0.25) is 0 Å². The molecular formula is C11H15BrO3. The molecule has 0 fully saturated rings. The summed E-state index contributed by atoms with van der Waals surface area (Å²) in [7, 11) is 3.31. The van der Waals surface area contributed by atoms with E-state index in [4.69, 9.17) is 14.2 Å². The van der Waals surface area contributed by atoms with E-state index in [1.807, 2.05) is 18.2 Å². The molecule has 3 nitrogen and oxygen atoms in total. The van der Waals surface area contributed by atoms with Crippen LogP contribution in [0.5, 0.6) is 11.5 Å². The van der Waals surface area contributed by atoms with Crippen LogP contribution < -0.4 is 9.47 Å². The third-order valence-electron chi connectivity index (χ3n) is 1.96. The molecule has 0 aliphatic rings. The molecule has 0 spiro atoms. The van der Waals surface area contributed by atoms with Crippen LogP contribution in [0.4, 0.5) is 0 Å². The van der Waals surface area contributed by atoms with Crippen molar-refractivity contribution in [2.75, 3.05) is 27.4 Å². The quantitative estimate of drug-likeness (QED) is 0.590. The molecule has 84 valence electrons. The summed E-state index contributed by atoms with van der Waals surface area (Å²) in [6.45, 7) is 1.15. The Bertz CT molecular complexity index is 302. The second-order valence-electron chi connectivity index (χ2n) is 2.95. The summed E-state index contributed by atoms with van der Waals surface area (Å²) in [5, 5.41) is 0.743. The molecule has 4 heteroatoms. The first-order valence-corrected chi connectivity index (χ1v) is 5.78. The molecule has 15 heavy (non-hydrogen) atoms. The second kappa shape index (κ2) is 6.69. The largest absolute Gasteiger partial charge is 0.497 e. The number of hydrogen-bond donors (Lipinski definition) is 0. The van der Waals surface area contributed by atoms with Gasteiger partial charge in [-0.25, -0.2) is 0 Å². The first-order valence-electron chi connectivity index (χ1n) is 4.66. The van der Waals surface area contributed by atoms with Crippen LogP contribution in [0, 0.1) is 0 Å². The van der Waals surface area contributed by atoms with Crippen LogP contribution in [0.15, 0.2) is 18.2 Å². The molecule has 0 unspecified atom stereocenters. The van der Waals surface area contributed by atoms with Crippen LogP contribution in [-0.2, 0) is 10.1 Å². The molecular weight excluding hydrogens is 260 g/mol. The van der Waals surface area contributed by atoms with Crippen LogP contribution in [-0.4, -0.2) is 27.4 Å². The number of rotatable bonds is 6. The average Bonchev–Trinajstić information content (AvgIpc) is 2.29. The zero-order chi connectivity index (χ0) is 11.1. The summed E-state index contributed by atoms with van der Waals surface area (Å²) in [6, 6.07) is 5.75. The van der Waals surface area contributed by atoms with E-state index < -0.39 is 0 Å². The standard InChI is InChI=1S/C11H15BrO3/c1-13-5-6-15-11-4-3-10(14-2)7-9(11)8-12/h3-4,7H,5-6,8H2,1-2H3. The first-order chi connectivity index (χ1) is 7.31. The Labute approximate surface area is 98.5 Å². The highest BCUT2D eigenvalue weighted by atomic mass is 79.9. The summed E-state index contributed by atoms with van der Waals surface area (Å²) >= 11 is 3.41. The Balaban J connectivity index is 2.69. The van der Waals surface area contributed by atoms with Gasteiger partial charge in [0.1, 0.15) is 18.1 Å². The van der Waals surface area contributed by atoms with E-state index >= 15 is 0 Å². The maximum Gasteiger partial charge on any atom is 0.123 e.